The minimum Gasteiger partial charge on any atom is -0.372 e. The molecule has 0 aromatic heterocycles. The zero-order valence-electron chi connectivity index (χ0n) is 9.64. The van der Waals surface area contributed by atoms with Crippen molar-refractivity contribution in [2.45, 2.75) is 19.2 Å². The summed E-state index contributed by atoms with van der Waals surface area (Å²) in [6.45, 7) is 1.39. The minimum absolute atomic E-state index is 0.529. The maximum atomic E-state index is 13.3. The highest BCUT2D eigenvalue weighted by Gasteiger charge is 2.31. The van der Waals surface area contributed by atoms with Crippen molar-refractivity contribution in [3.05, 3.63) is 29.6 Å². The molecule has 0 aliphatic heterocycles. The van der Waals surface area contributed by atoms with Crippen LogP contribution in [-0.4, -0.2) is 19.1 Å². The number of methoxy groups -OCH3 is 1. The molecule has 0 bridgehead atoms. The first kappa shape index (κ1) is 14.4. The Labute approximate surface area is 101 Å². The summed E-state index contributed by atoms with van der Waals surface area (Å²) in [7, 11) is 1.26. The van der Waals surface area contributed by atoms with Gasteiger partial charge in [0.15, 0.2) is 0 Å². The van der Waals surface area contributed by atoms with Gasteiger partial charge in [0.2, 0.25) is 0 Å². The number of carbonyl (C=O) groups excluding carboxylic acids is 1. The fourth-order valence-electron chi connectivity index (χ4n) is 1.14. The molecule has 1 amide bonds. The molecule has 18 heavy (non-hydrogen) atoms. The number of hydrogen-bond donors (Lipinski definition) is 1. The molecule has 0 radical (unpaired) electrons. The molecule has 0 aliphatic rings. The Balaban J connectivity index is 2.99. The molecule has 0 saturated heterocycles. The zero-order valence-corrected chi connectivity index (χ0v) is 9.64. The standard InChI is InChI=1S/C11H11F4NO2/c1-6(18-2)10(17)16-9-5-7(11(13,14)15)3-4-8(9)12/h3-6H,1-2H3,(H,16,17). The van der Waals surface area contributed by atoms with Crippen molar-refractivity contribution in [2.24, 2.45) is 0 Å². The Hall–Kier alpha value is -1.63. The largest absolute Gasteiger partial charge is 0.416 e. The van der Waals surface area contributed by atoms with E-state index in [4.69, 9.17) is 0 Å². The van der Waals surface area contributed by atoms with E-state index < -0.39 is 35.3 Å². The number of hydrogen-bond acceptors (Lipinski definition) is 2. The van der Waals surface area contributed by atoms with Crippen molar-refractivity contribution in [1.29, 1.82) is 0 Å². The summed E-state index contributed by atoms with van der Waals surface area (Å²) in [5.74, 6) is -1.67. The molecule has 3 nitrogen and oxygen atoms in total. The van der Waals surface area contributed by atoms with Crippen LogP contribution in [0.3, 0.4) is 0 Å². The molecule has 0 saturated carbocycles. The molecule has 1 atom stereocenters. The lowest BCUT2D eigenvalue weighted by atomic mass is 10.2. The van der Waals surface area contributed by atoms with Gasteiger partial charge in [-0.05, 0) is 25.1 Å². The van der Waals surface area contributed by atoms with E-state index in [1.165, 1.54) is 14.0 Å². The van der Waals surface area contributed by atoms with Crippen LogP contribution in [0.5, 0.6) is 0 Å². The van der Waals surface area contributed by atoms with Crippen LogP contribution in [0.25, 0.3) is 0 Å². The predicted molar refractivity (Wildman–Crippen MR) is 56.5 cm³/mol. The van der Waals surface area contributed by atoms with Gasteiger partial charge in [-0.3, -0.25) is 4.79 Å². The highest BCUT2D eigenvalue weighted by molar-refractivity contribution is 5.94. The maximum Gasteiger partial charge on any atom is 0.416 e. The third kappa shape index (κ3) is 3.43. The summed E-state index contributed by atoms with van der Waals surface area (Å²) in [6.07, 6.45) is -5.49. The Morgan fingerprint density at radius 3 is 2.50 bits per heavy atom. The lowest BCUT2D eigenvalue weighted by Gasteiger charge is -2.13. The summed E-state index contributed by atoms with van der Waals surface area (Å²) in [5, 5.41) is 2.03. The number of rotatable bonds is 3. The van der Waals surface area contributed by atoms with E-state index in [0.717, 1.165) is 0 Å². The average Bonchev–Trinajstić information content (AvgIpc) is 2.29. The molecule has 0 fully saturated rings. The van der Waals surface area contributed by atoms with Gasteiger partial charge < -0.3 is 10.1 Å². The van der Waals surface area contributed by atoms with Crippen molar-refractivity contribution in [3.8, 4) is 0 Å². The number of benzene rings is 1. The van der Waals surface area contributed by atoms with Gasteiger partial charge >= 0.3 is 6.18 Å². The molecule has 100 valence electrons. The molecule has 0 spiro atoms. The molecule has 0 heterocycles. The lowest BCUT2D eigenvalue weighted by molar-refractivity contribution is -0.137. The molecular weight excluding hydrogens is 254 g/mol. The smallest absolute Gasteiger partial charge is 0.372 e. The summed E-state index contributed by atoms with van der Waals surface area (Å²) >= 11 is 0. The van der Waals surface area contributed by atoms with Crippen molar-refractivity contribution in [1.82, 2.24) is 0 Å². The topological polar surface area (TPSA) is 38.3 Å². The summed E-state index contributed by atoms with van der Waals surface area (Å²) < 4.78 is 55.1. The Morgan fingerprint density at radius 2 is 2.00 bits per heavy atom. The van der Waals surface area contributed by atoms with Crippen molar-refractivity contribution < 1.29 is 27.1 Å². The van der Waals surface area contributed by atoms with Crippen LogP contribution in [0.15, 0.2) is 18.2 Å². The molecule has 1 unspecified atom stereocenters. The normalized spacial score (nSPS) is 13.2. The monoisotopic (exact) mass is 265 g/mol. The van der Waals surface area contributed by atoms with Crippen LogP contribution in [0.2, 0.25) is 0 Å². The first-order valence-electron chi connectivity index (χ1n) is 4.96. The van der Waals surface area contributed by atoms with Gasteiger partial charge in [0.1, 0.15) is 11.9 Å². The molecule has 1 aromatic rings. The molecular formula is C11H11F4NO2. The zero-order chi connectivity index (χ0) is 13.9. The second kappa shape index (κ2) is 5.34. The summed E-state index contributed by atoms with van der Waals surface area (Å²) in [4.78, 5) is 11.4. The van der Waals surface area contributed by atoms with E-state index in [1.807, 2.05) is 5.32 Å². The van der Waals surface area contributed by atoms with Gasteiger partial charge in [-0.15, -0.1) is 0 Å². The number of anilines is 1. The highest BCUT2D eigenvalue weighted by atomic mass is 19.4. The van der Waals surface area contributed by atoms with E-state index in [-0.39, 0.29) is 0 Å². The van der Waals surface area contributed by atoms with Crippen molar-refractivity contribution in [3.63, 3.8) is 0 Å². The van der Waals surface area contributed by atoms with Gasteiger partial charge in [-0.25, -0.2) is 4.39 Å². The first-order chi connectivity index (χ1) is 8.25. The van der Waals surface area contributed by atoms with Crippen LogP contribution in [-0.2, 0) is 15.7 Å². The first-order valence-corrected chi connectivity index (χ1v) is 4.96. The molecule has 1 rings (SSSR count). The van der Waals surface area contributed by atoms with E-state index in [9.17, 15) is 22.4 Å². The van der Waals surface area contributed by atoms with Crippen LogP contribution >= 0.6 is 0 Å². The fourth-order valence-corrected chi connectivity index (χ4v) is 1.14. The van der Waals surface area contributed by atoms with E-state index >= 15 is 0 Å². The lowest BCUT2D eigenvalue weighted by Crippen LogP contribution is -2.27. The van der Waals surface area contributed by atoms with Gasteiger partial charge in [0, 0.05) is 7.11 Å². The quantitative estimate of drug-likeness (QED) is 0.853. The van der Waals surface area contributed by atoms with Crippen LogP contribution in [0.4, 0.5) is 23.2 Å². The number of ether oxygens (including phenoxy) is 1. The van der Waals surface area contributed by atoms with E-state index in [0.29, 0.717) is 18.2 Å². The predicted octanol–water partition coefficient (Wildman–Crippen LogP) is 2.82. The Kier molecular flexibility index (Phi) is 4.28. The van der Waals surface area contributed by atoms with Gasteiger partial charge in [0.25, 0.3) is 5.91 Å². The molecule has 1 aromatic carbocycles. The van der Waals surface area contributed by atoms with Crippen LogP contribution in [0.1, 0.15) is 12.5 Å². The highest BCUT2D eigenvalue weighted by Crippen LogP contribution is 2.31. The SMILES string of the molecule is COC(C)C(=O)Nc1cc(C(F)(F)F)ccc1F. The fraction of sp³-hybridized carbons (Fsp3) is 0.364. The number of halogens is 4. The van der Waals surface area contributed by atoms with Crippen molar-refractivity contribution >= 4 is 11.6 Å². The van der Waals surface area contributed by atoms with E-state index in [1.54, 1.807) is 0 Å². The second-order valence-corrected chi connectivity index (χ2v) is 3.56. The average molecular weight is 265 g/mol. The number of carbonyl (C=O) groups is 1. The van der Waals surface area contributed by atoms with Crippen LogP contribution in [0, 0.1) is 5.82 Å². The van der Waals surface area contributed by atoms with Crippen LogP contribution < -0.4 is 5.32 Å². The second-order valence-electron chi connectivity index (χ2n) is 3.56. The Bertz CT molecular complexity index is 445. The molecule has 1 N–H and O–H groups in total. The number of alkyl halides is 3. The third-order valence-corrected chi connectivity index (χ3v) is 2.27. The van der Waals surface area contributed by atoms with Gasteiger partial charge in [0.05, 0.1) is 11.3 Å². The molecule has 0 aliphatic carbocycles. The third-order valence-electron chi connectivity index (χ3n) is 2.27. The van der Waals surface area contributed by atoms with Gasteiger partial charge in [-0.2, -0.15) is 13.2 Å². The van der Waals surface area contributed by atoms with E-state index in [2.05, 4.69) is 4.74 Å². The maximum absolute atomic E-state index is 13.3. The molecule has 7 heteroatoms. The summed E-state index contributed by atoms with van der Waals surface area (Å²) in [5.41, 5.74) is -1.57. The number of amides is 1. The van der Waals surface area contributed by atoms with Gasteiger partial charge in [-0.1, -0.05) is 0 Å². The summed E-state index contributed by atoms with van der Waals surface area (Å²) in [6, 6.07) is 1.79. The van der Waals surface area contributed by atoms with Crippen molar-refractivity contribution in [2.75, 3.05) is 12.4 Å². The Morgan fingerprint density at radius 1 is 1.39 bits per heavy atom. The minimum atomic E-state index is -4.60. The number of nitrogens with one attached hydrogen (secondary N) is 1.